The molecule has 0 aliphatic heterocycles. The van der Waals surface area contributed by atoms with Gasteiger partial charge in [0.15, 0.2) is 0 Å². The van der Waals surface area contributed by atoms with E-state index in [1.165, 1.54) is 0 Å². The van der Waals surface area contributed by atoms with Crippen molar-refractivity contribution in [2.75, 3.05) is 0 Å². The number of nitrogens with one attached hydrogen (secondary N) is 1. The molecule has 0 saturated heterocycles. The lowest BCUT2D eigenvalue weighted by Gasteiger charge is -1.98. The number of hydrogen-bond donors (Lipinski definition) is 1. The van der Waals surface area contributed by atoms with Crippen LogP contribution in [-0.2, 0) is 0 Å². The lowest BCUT2D eigenvalue weighted by atomic mass is 10.1. The summed E-state index contributed by atoms with van der Waals surface area (Å²) in [6, 6.07) is 7.86. The van der Waals surface area contributed by atoms with Gasteiger partial charge in [-0.3, -0.25) is 4.79 Å². The lowest BCUT2D eigenvalue weighted by molar-refractivity contribution is 0.962. The summed E-state index contributed by atoms with van der Waals surface area (Å²) in [7, 11) is 0. The van der Waals surface area contributed by atoms with Gasteiger partial charge in [0, 0.05) is 11.6 Å². The van der Waals surface area contributed by atoms with Crippen LogP contribution in [0.2, 0.25) is 0 Å². The molecule has 0 fully saturated rings. The summed E-state index contributed by atoms with van der Waals surface area (Å²) in [6.45, 7) is 2.15. The third-order valence-corrected chi connectivity index (χ3v) is 2.56. The molecule has 0 saturated carbocycles. The second kappa shape index (κ2) is 4.79. The van der Waals surface area contributed by atoms with Crippen LogP contribution < -0.4 is 5.56 Å². The van der Waals surface area contributed by atoms with Gasteiger partial charge in [-0.05, 0) is 29.5 Å². The zero-order valence-corrected chi connectivity index (χ0v) is 9.36. The first kappa shape index (κ1) is 10.7. The van der Waals surface area contributed by atoms with Gasteiger partial charge < -0.3 is 4.98 Å². The molecule has 0 unspecified atom stereocenters. The zero-order chi connectivity index (χ0) is 11.4. The molecule has 0 aliphatic rings. The van der Waals surface area contributed by atoms with Crippen molar-refractivity contribution in [3.8, 4) is 0 Å². The number of allylic oxidation sites excluding steroid dienone is 1. The van der Waals surface area contributed by atoms with Crippen molar-refractivity contribution in [1.82, 2.24) is 4.98 Å². The van der Waals surface area contributed by atoms with Crippen LogP contribution >= 0.6 is 0 Å². The maximum Gasteiger partial charge on any atom is 0.255 e. The van der Waals surface area contributed by atoms with E-state index in [1.54, 1.807) is 6.20 Å². The number of benzene rings is 1. The van der Waals surface area contributed by atoms with Gasteiger partial charge in [-0.25, -0.2) is 0 Å². The highest BCUT2D eigenvalue weighted by molar-refractivity contribution is 5.83. The van der Waals surface area contributed by atoms with E-state index < -0.39 is 0 Å². The van der Waals surface area contributed by atoms with Crippen molar-refractivity contribution in [1.29, 1.82) is 0 Å². The first-order chi connectivity index (χ1) is 7.81. The van der Waals surface area contributed by atoms with Gasteiger partial charge in [0.25, 0.3) is 5.56 Å². The Morgan fingerprint density at radius 3 is 3.00 bits per heavy atom. The predicted molar refractivity (Wildman–Crippen MR) is 68.5 cm³/mol. The first-order valence-electron chi connectivity index (χ1n) is 5.59. The molecule has 1 heterocycles. The average molecular weight is 213 g/mol. The summed E-state index contributed by atoms with van der Waals surface area (Å²) in [4.78, 5) is 14.3. The predicted octanol–water partition coefficient (Wildman–Crippen LogP) is 3.34. The molecule has 1 N–H and O–H groups in total. The minimum Gasteiger partial charge on any atom is -0.329 e. The first-order valence-corrected chi connectivity index (χ1v) is 5.59. The normalized spacial score (nSPS) is 11.3. The minimum atomic E-state index is -0.0248. The Kier molecular flexibility index (Phi) is 3.20. The van der Waals surface area contributed by atoms with Gasteiger partial charge in [-0.15, -0.1) is 0 Å². The molecule has 0 amide bonds. The highest BCUT2D eigenvalue weighted by Crippen LogP contribution is 2.13. The summed E-state index contributed by atoms with van der Waals surface area (Å²) in [5, 5.41) is 1.73. The van der Waals surface area contributed by atoms with Crippen molar-refractivity contribution in [2.45, 2.75) is 19.8 Å². The molecule has 0 atom stereocenters. The minimum absolute atomic E-state index is 0.0248. The molecule has 2 heteroatoms. The summed E-state index contributed by atoms with van der Waals surface area (Å²) >= 11 is 0. The number of rotatable bonds is 3. The molecular formula is C14H15NO. The van der Waals surface area contributed by atoms with Gasteiger partial charge in [-0.1, -0.05) is 37.6 Å². The fourth-order valence-electron chi connectivity index (χ4n) is 1.69. The van der Waals surface area contributed by atoms with Crippen LogP contribution in [0.4, 0.5) is 0 Å². The van der Waals surface area contributed by atoms with Gasteiger partial charge in [0.05, 0.1) is 0 Å². The molecule has 2 rings (SSSR count). The monoisotopic (exact) mass is 213 g/mol. The number of fused-ring (bicyclic) bond motifs is 1. The number of aromatic nitrogens is 1. The fourth-order valence-corrected chi connectivity index (χ4v) is 1.69. The summed E-state index contributed by atoms with van der Waals surface area (Å²) in [5.74, 6) is 0. The van der Waals surface area contributed by atoms with Crippen LogP contribution in [0.3, 0.4) is 0 Å². The van der Waals surface area contributed by atoms with E-state index in [0.717, 1.165) is 29.2 Å². The second-order valence-corrected chi connectivity index (χ2v) is 3.84. The molecule has 0 spiro atoms. The van der Waals surface area contributed by atoms with Gasteiger partial charge in [0.2, 0.25) is 0 Å². The highest BCUT2D eigenvalue weighted by atomic mass is 16.1. The molecular weight excluding hydrogens is 198 g/mol. The van der Waals surface area contributed by atoms with Crippen molar-refractivity contribution in [3.05, 3.63) is 52.5 Å². The van der Waals surface area contributed by atoms with Gasteiger partial charge in [0.1, 0.15) is 0 Å². The maximum absolute atomic E-state index is 11.6. The van der Waals surface area contributed by atoms with Crippen molar-refractivity contribution in [3.63, 3.8) is 0 Å². The number of hydrogen-bond acceptors (Lipinski definition) is 1. The maximum atomic E-state index is 11.6. The average Bonchev–Trinajstić information content (AvgIpc) is 2.30. The van der Waals surface area contributed by atoms with Gasteiger partial charge in [-0.2, -0.15) is 0 Å². The van der Waals surface area contributed by atoms with Crippen LogP contribution in [0.5, 0.6) is 0 Å². The lowest BCUT2D eigenvalue weighted by Crippen LogP contribution is -2.04. The van der Waals surface area contributed by atoms with Crippen LogP contribution in [0, 0.1) is 0 Å². The quantitative estimate of drug-likeness (QED) is 0.833. The van der Waals surface area contributed by atoms with E-state index in [2.05, 4.69) is 24.1 Å². The van der Waals surface area contributed by atoms with E-state index >= 15 is 0 Å². The third-order valence-electron chi connectivity index (χ3n) is 2.56. The summed E-state index contributed by atoms with van der Waals surface area (Å²) < 4.78 is 0. The Labute approximate surface area is 94.6 Å². The Morgan fingerprint density at radius 2 is 2.19 bits per heavy atom. The van der Waals surface area contributed by atoms with Crippen molar-refractivity contribution >= 4 is 16.8 Å². The topological polar surface area (TPSA) is 32.9 Å². The molecule has 2 aromatic rings. The van der Waals surface area contributed by atoms with E-state index in [0.29, 0.717) is 0 Å². The molecule has 2 nitrogen and oxygen atoms in total. The number of unbranched alkanes of at least 4 members (excludes halogenated alkanes) is 1. The highest BCUT2D eigenvalue weighted by Gasteiger charge is 1.97. The fraction of sp³-hybridized carbons (Fsp3) is 0.214. The molecule has 0 aliphatic carbocycles. The smallest absolute Gasteiger partial charge is 0.255 e. The Hall–Kier alpha value is -1.83. The standard InChI is InChI=1S/C14H15NO/c1-2-3-4-5-11-6-7-12-8-9-15-14(16)13(12)10-11/h4-10H,2-3H2,1H3,(H,15,16)/b5-4+. The van der Waals surface area contributed by atoms with Crippen LogP contribution in [0.15, 0.2) is 41.3 Å². The second-order valence-electron chi connectivity index (χ2n) is 3.84. The van der Waals surface area contributed by atoms with Crippen molar-refractivity contribution in [2.24, 2.45) is 0 Å². The van der Waals surface area contributed by atoms with E-state index in [9.17, 15) is 4.79 Å². The molecule has 0 radical (unpaired) electrons. The summed E-state index contributed by atoms with van der Waals surface area (Å²) in [5.41, 5.74) is 1.06. The third kappa shape index (κ3) is 2.22. The van der Waals surface area contributed by atoms with Crippen LogP contribution in [0.25, 0.3) is 16.8 Å². The van der Waals surface area contributed by atoms with Gasteiger partial charge >= 0.3 is 0 Å². The SMILES string of the molecule is CCC/C=C/c1ccc2cc[nH]c(=O)c2c1. The van der Waals surface area contributed by atoms with E-state index in [4.69, 9.17) is 0 Å². The molecule has 1 aromatic heterocycles. The molecule has 1 aromatic carbocycles. The zero-order valence-electron chi connectivity index (χ0n) is 9.36. The van der Waals surface area contributed by atoms with E-state index in [1.807, 2.05) is 24.3 Å². The molecule has 16 heavy (non-hydrogen) atoms. The molecule has 82 valence electrons. The summed E-state index contributed by atoms with van der Waals surface area (Å²) in [6.07, 6.45) is 8.10. The Bertz CT molecular complexity index is 566. The largest absolute Gasteiger partial charge is 0.329 e. The Morgan fingerprint density at radius 1 is 1.31 bits per heavy atom. The number of pyridine rings is 1. The Balaban J connectivity index is 2.43. The van der Waals surface area contributed by atoms with Crippen LogP contribution in [-0.4, -0.2) is 4.98 Å². The van der Waals surface area contributed by atoms with E-state index in [-0.39, 0.29) is 5.56 Å². The molecule has 0 bridgehead atoms. The number of aromatic amines is 1. The number of H-pyrrole nitrogens is 1. The van der Waals surface area contributed by atoms with Crippen molar-refractivity contribution < 1.29 is 0 Å². The van der Waals surface area contributed by atoms with Crippen LogP contribution in [0.1, 0.15) is 25.3 Å².